The van der Waals surface area contributed by atoms with E-state index in [0.717, 1.165) is 22.4 Å². The number of aryl methyl sites for hydroxylation is 1. The number of nitrogens with zero attached hydrogens (tertiary/aromatic N) is 4. The zero-order chi connectivity index (χ0) is 22.4. The molecule has 0 fully saturated rings. The molecule has 0 bridgehead atoms. The van der Waals surface area contributed by atoms with Gasteiger partial charge in [-0.05, 0) is 42.7 Å². The fourth-order valence-electron chi connectivity index (χ4n) is 4.46. The second-order valence-corrected chi connectivity index (χ2v) is 7.85. The van der Waals surface area contributed by atoms with E-state index in [0.29, 0.717) is 35.0 Å². The highest BCUT2D eigenvalue weighted by atomic mass is 16.5. The summed E-state index contributed by atoms with van der Waals surface area (Å²) in [6.07, 6.45) is 0.796. The molecule has 5 rings (SSSR count). The molecule has 1 N–H and O–H groups in total. The SMILES string of the molecule is COc1ccc(-c2c(C)nn3c4c(nnc23)C(=O)C[C@@H](c2ccccc2O)C4)cc1OC. The Morgan fingerprint density at radius 1 is 1.03 bits per heavy atom. The standard InChI is InChI=1S/C24H22N4O4/c1-13-22(14-8-9-20(31-2)21(12-14)32-3)24-26-25-23-17(28(24)27-13)10-15(11-19(23)30)16-6-4-5-7-18(16)29/h4-9,12,15,29H,10-11H2,1-3H3/t15-/m0/s1. The molecule has 0 unspecified atom stereocenters. The van der Waals surface area contributed by atoms with Gasteiger partial charge >= 0.3 is 0 Å². The van der Waals surface area contributed by atoms with E-state index in [2.05, 4.69) is 10.2 Å². The van der Waals surface area contributed by atoms with Crippen molar-refractivity contribution in [1.29, 1.82) is 0 Å². The van der Waals surface area contributed by atoms with Crippen molar-refractivity contribution in [3.8, 4) is 28.4 Å². The van der Waals surface area contributed by atoms with Crippen LogP contribution in [0.5, 0.6) is 17.2 Å². The topological polar surface area (TPSA) is 98.8 Å². The van der Waals surface area contributed by atoms with E-state index in [9.17, 15) is 9.90 Å². The van der Waals surface area contributed by atoms with Gasteiger partial charge in [0.1, 0.15) is 5.75 Å². The predicted molar refractivity (Wildman–Crippen MR) is 118 cm³/mol. The lowest BCUT2D eigenvalue weighted by Crippen LogP contribution is -2.24. The quantitative estimate of drug-likeness (QED) is 0.527. The van der Waals surface area contributed by atoms with Crippen LogP contribution in [-0.2, 0) is 6.42 Å². The number of hydrogen-bond donors (Lipinski definition) is 1. The number of methoxy groups -OCH3 is 2. The second-order valence-electron chi connectivity index (χ2n) is 7.85. The van der Waals surface area contributed by atoms with Gasteiger partial charge in [0.25, 0.3) is 0 Å². The number of rotatable bonds is 4. The Kier molecular flexibility index (Phi) is 4.77. The Labute approximate surface area is 184 Å². The number of ketones is 1. The molecule has 2 aromatic carbocycles. The number of aromatic hydroxyl groups is 1. The van der Waals surface area contributed by atoms with Gasteiger partial charge in [-0.15, -0.1) is 10.2 Å². The Morgan fingerprint density at radius 3 is 2.56 bits per heavy atom. The number of benzene rings is 2. The number of phenolic OH excluding ortho intramolecular Hbond substituents is 1. The number of carbonyl (C=O) groups excluding carboxylic acids is 1. The third-order valence-corrected chi connectivity index (χ3v) is 5.99. The predicted octanol–water partition coefficient (Wildman–Crippen LogP) is 3.74. The van der Waals surface area contributed by atoms with Gasteiger partial charge in [0.15, 0.2) is 28.6 Å². The first-order valence-corrected chi connectivity index (χ1v) is 10.3. The number of hydrogen-bond acceptors (Lipinski definition) is 7. The molecule has 4 aromatic rings. The number of ether oxygens (including phenoxy) is 2. The number of phenols is 1. The number of fused-ring (bicyclic) bond motifs is 3. The van der Waals surface area contributed by atoms with E-state index in [-0.39, 0.29) is 23.9 Å². The zero-order valence-electron chi connectivity index (χ0n) is 18.0. The van der Waals surface area contributed by atoms with Crippen molar-refractivity contribution in [3.05, 3.63) is 65.1 Å². The summed E-state index contributed by atoms with van der Waals surface area (Å²) in [6.45, 7) is 1.90. The zero-order valence-corrected chi connectivity index (χ0v) is 18.0. The molecule has 0 aliphatic heterocycles. The third kappa shape index (κ3) is 3.07. The summed E-state index contributed by atoms with van der Waals surface area (Å²) in [5, 5.41) is 23.7. The van der Waals surface area contributed by atoms with Crippen molar-refractivity contribution in [1.82, 2.24) is 19.8 Å². The summed E-state index contributed by atoms with van der Waals surface area (Å²) in [4.78, 5) is 12.9. The molecule has 8 nitrogen and oxygen atoms in total. The van der Waals surface area contributed by atoms with Gasteiger partial charge in [-0.1, -0.05) is 24.3 Å². The molecule has 0 saturated carbocycles. The van der Waals surface area contributed by atoms with E-state index in [1.165, 1.54) is 0 Å². The van der Waals surface area contributed by atoms with Crippen LogP contribution >= 0.6 is 0 Å². The minimum Gasteiger partial charge on any atom is -0.508 e. The summed E-state index contributed by atoms with van der Waals surface area (Å²) in [5.41, 5.74) is 4.80. The average Bonchev–Trinajstić information content (AvgIpc) is 3.15. The van der Waals surface area contributed by atoms with E-state index in [1.807, 2.05) is 37.3 Å². The number of carbonyl (C=O) groups is 1. The molecule has 1 atom stereocenters. The lowest BCUT2D eigenvalue weighted by molar-refractivity contribution is 0.0955. The maximum atomic E-state index is 12.9. The Hall–Kier alpha value is -3.94. The molecule has 1 aliphatic carbocycles. The largest absolute Gasteiger partial charge is 0.508 e. The molecule has 162 valence electrons. The van der Waals surface area contributed by atoms with Crippen molar-refractivity contribution in [2.24, 2.45) is 0 Å². The van der Waals surface area contributed by atoms with Crippen LogP contribution in [0.15, 0.2) is 42.5 Å². The van der Waals surface area contributed by atoms with Crippen LogP contribution in [0.1, 0.15) is 39.8 Å². The van der Waals surface area contributed by atoms with Crippen molar-refractivity contribution < 1.29 is 19.4 Å². The highest BCUT2D eigenvalue weighted by molar-refractivity contribution is 5.97. The van der Waals surface area contributed by atoms with E-state index in [1.54, 1.807) is 30.9 Å². The summed E-state index contributed by atoms with van der Waals surface area (Å²) in [7, 11) is 3.18. The van der Waals surface area contributed by atoms with E-state index in [4.69, 9.17) is 14.6 Å². The number of para-hydroxylation sites is 1. The van der Waals surface area contributed by atoms with Crippen LogP contribution in [0.3, 0.4) is 0 Å². The lowest BCUT2D eigenvalue weighted by atomic mass is 9.83. The molecule has 0 radical (unpaired) electrons. The first-order valence-electron chi connectivity index (χ1n) is 10.3. The van der Waals surface area contributed by atoms with Gasteiger partial charge in [-0.25, -0.2) is 4.52 Å². The van der Waals surface area contributed by atoms with E-state index >= 15 is 0 Å². The molecule has 32 heavy (non-hydrogen) atoms. The molecular weight excluding hydrogens is 408 g/mol. The Bertz CT molecular complexity index is 1360. The monoisotopic (exact) mass is 430 g/mol. The maximum absolute atomic E-state index is 12.9. The van der Waals surface area contributed by atoms with Gasteiger partial charge in [0.05, 0.1) is 31.2 Å². The van der Waals surface area contributed by atoms with E-state index < -0.39 is 0 Å². The Morgan fingerprint density at radius 2 is 1.81 bits per heavy atom. The molecule has 0 saturated heterocycles. The van der Waals surface area contributed by atoms with Gasteiger partial charge in [0.2, 0.25) is 0 Å². The molecule has 2 aromatic heterocycles. The first kappa shape index (κ1) is 20.0. The third-order valence-electron chi connectivity index (χ3n) is 5.99. The molecule has 0 spiro atoms. The lowest BCUT2D eigenvalue weighted by Gasteiger charge is -2.23. The van der Waals surface area contributed by atoms with Crippen LogP contribution in [0.4, 0.5) is 0 Å². The van der Waals surface area contributed by atoms with Crippen LogP contribution in [0, 0.1) is 6.92 Å². The fraction of sp³-hybridized carbons (Fsp3) is 0.250. The summed E-state index contributed by atoms with van der Waals surface area (Å²) >= 11 is 0. The van der Waals surface area contributed by atoms with Crippen molar-refractivity contribution in [2.75, 3.05) is 14.2 Å². The summed E-state index contributed by atoms with van der Waals surface area (Å²) in [5.74, 6) is 1.16. The maximum Gasteiger partial charge on any atom is 0.185 e. The average molecular weight is 430 g/mol. The van der Waals surface area contributed by atoms with Crippen molar-refractivity contribution in [3.63, 3.8) is 0 Å². The van der Waals surface area contributed by atoms with Crippen LogP contribution in [-0.4, -0.2) is 44.9 Å². The first-order chi connectivity index (χ1) is 15.5. The highest BCUT2D eigenvalue weighted by Crippen LogP contribution is 2.38. The number of aromatic nitrogens is 4. The smallest absolute Gasteiger partial charge is 0.185 e. The molecule has 8 heteroatoms. The van der Waals surface area contributed by atoms with Crippen LogP contribution < -0.4 is 9.47 Å². The molecule has 0 amide bonds. The molecule has 2 heterocycles. The normalized spacial score (nSPS) is 15.6. The second kappa shape index (κ2) is 7.64. The van der Waals surface area contributed by atoms with Crippen molar-refractivity contribution in [2.45, 2.75) is 25.7 Å². The number of Topliss-reactive ketones (excluding diaryl/α,β-unsaturated/α-hetero) is 1. The van der Waals surface area contributed by atoms with Crippen molar-refractivity contribution >= 4 is 11.4 Å². The van der Waals surface area contributed by atoms with Gasteiger partial charge in [0, 0.05) is 12.3 Å². The fourth-order valence-corrected chi connectivity index (χ4v) is 4.46. The van der Waals surface area contributed by atoms with Crippen LogP contribution in [0.2, 0.25) is 0 Å². The minimum atomic E-state index is -0.155. The summed E-state index contributed by atoms with van der Waals surface area (Å²) < 4.78 is 12.5. The summed E-state index contributed by atoms with van der Waals surface area (Å²) in [6, 6.07) is 12.8. The van der Waals surface area contributed by atoms with Gasteiger partial charge in [-0.2, -0.15) is 5.10 Å². The highest BCUT2D eigenvalue weighted by Gasteiger charge is 2.32. The molecular formula is C24H22N4O4. The van der Waals surface area contributed by atoms with Gasteiger partial charge < -0.3 is 14.6 Å². The van der Waals surface area contributed by atoms with Gasteiger partial charge in [-0.3, -0.25) is 4.79 Å². The minimum absolute atomic E-state index is 0.102. The Balaban J connectivity index is 1.66. The van der Waals surface area contributed by atoms with Crippen LogP contribution in [0.25, 0.3) is 16.8 Å². The molecule has 1 aliphatic rings.